The van der Waals surface area contributed by atoms with Crippen LogP contribution in [0, 0.1) is 0 Å². The highest BCUT2D eigenvalue weighted by molar-refractivity contribution is 5.66. The minimum absolute atomic E-state index is 0.0932. The maximum atomic E-state index is 11.7. The fourth-order valence-corrected chi connectivity index (χ4v) is 3.42. The molecule has 0 bridgehead atoms. The number of hydroxylamine groups is 2. The highest BCUT2D eigenvalue weighted by Crippen LogP contribution is 2.08. The summed E-state index contributed by atoms with van der Waals surface area (Å²) >= 11 is 0. The number of unbranched alkanes of at least 4 members (excludes halogenated alkanes) is 8. The topological polar surface area (TPSA) is 162 Å². The normalized spacial score (nSPS) is 11.6. The number of carbonyl (C=O) groups is 1. The molecule has 2 N–H and O–H groups in total. The van der Waals surface area contributed by atoms with E-state index in [4.69, 9.17) is 24.2 Å². The summed E-state index contributed by atoms with van der Waals surface area (Å²) in [6.45, 7) is 8.65. The Kier molecular flexibility index (Phi) is 30.3. The largest absolute Gasteiger partial charge is 0.447 e. The second-order valence-corrected chi connectivity index (χ2v) is 9.15. The number of carbonyl (C=O) groups excluding carboxylic acids is 3. The molecule has 0 aromatic rings. The first-order chi connectivity index (χ1) is 20.7. The summed E-state index contributed by atoms with van der Waals surface area (Å²) in [4.78, 5) is 64.8. The van der Waals surface area contributed by atoms with Crippen molar-refractivity contribution < 1.29 is 38.6 Å². The van der Waals surface area contributed by atoms with Crippen LogP contribution >= 0.6 is 0 Å². The number of rotatable bonds is 31. The number of amides is 1. The monoisotopic (exact) mass is 598 g/mol. The van der Waals surface area contributed by atoms with Gasteiger partial charge in [0.2, 0.25) is 18.6 Å². The van der Waals surface area contributed by atoms with Crippen LogP contribution in [-0.2, 0) is 33.8 Å². The molecule has 0 rings (SSSR count). The number of nitrogens with one attached hydrogen (secondary N) is 2. The van der Waals surface area contributed by atoms with E-state index in [-0.39, 0.29) is 26.6 Å². The van der Waals surface area contributed by atoms with E-state index in [1.807, 2.05) is 0 Å². The Balaban J connectivity index is 4.31. The van der Waals surface area contributed by atoms with Crippen LogP contribution in [0.1, 0.15) is 84.0 Å². The first-order valence-corrected chi connectivity index (χ1v) is 14.8. The van der Waals surface area contributed by atoms with Gasteiger partial charge in [0, 0.05) is 6.54 Å². The highest BCUT2D eigenvalue weighted by Gasteiger charge is 2.08. The van der Waals surface area contributed by atoms with Gasteiger partial charge in [0.25, 0.3) is 0 Å². The Morgan fingerprint density at radius 2 is 1.74 bits per heavy atom. The smallest absolute Gasteiger partial charge is 0.407 e. The van der Waals surface area contributed by atoms with Crippen LogP contribution in [0.4, 0.5) is 4.79 Å². The van der Waals surface area contributed by atoms with Crippen molar-refractivity contribution in [2.24, 2.45) is 15.0 Å². The number of aliphatic imine (C=N–C) groups is 3. The van der Waals surface area contributed by atoms with E-state index in [0.29, 0.717) is 26.1 Å². The van der Waals surface area contributed by atoms with Gasteiger partial charge >= 0.3 is 6.09 Å². The summed E-state index contributed by atoms with van der Waals surface area (Å²) in [6.07, 6.45) is 15.8. The number of nitrogens with zero attached hydrogens (tertiary/aromatic N) is 4. The van der Waals surface area contributed by atoms with Gasteiger partial charge in [0.1, 0.15) is 26.6 Å². The third-order valence-corrected chi connectivity index (χ3v) is 5.62. The number of isocyanates is 2. The Labute approximate surface area is 249 Å². The summed E-state index contributed by atoms with van der Waals surface area (Å²) in [5.74, 6) is 0. The Hall–Kier alpha value is -2.96. The Morgan fingerprint density at radius 1 is 0.952 bits per heavy atom. The van der Waals surface area contributed by atoms with Gasteiger partial charge in [-0.25, -0.2) is 39.0 Å². The van der Waals surface area contributed by atoms with E-state index in [9.17, 15) is 14.4 Å². The summed E-state index contributed by atoms with van der Waals surface area (Å²) < 4.78 is 4.98. The SMILES string of the molecule is C=CCOOCCOC(=O)NCCCCCCN(OC=NC(CCCCC)N=C=O)OCNCCCCCCN=C=O. The third-order valence-electron chi connectivity index (χ3n) is 5.62. The molecule has 0 heterocycles. The number of hydrogen-bond donors (Lipinski definition) is 2. The molecule has 0 saturated carbocycles. The molecule has 0 aliphatic heterocycles. The zero-order chi connectivity index (χ0) is 30.8. The van der Waals surface area contributed by atoms with Gasteiger partial charge in [-0.1, -0.05) is 51.5 Å². The van der Waals surface area contributed by atoms with Crippen molar-refractivity contribution in [2.75, 3.05) is 52.7 Å². The number of ether oxygens (including phenoxy) is 1. The van der Waals surface area contributed by atoms with Gasteiger partial charge in [0.15, 0.2) is 6.17 Å². The predicted molar refractivity (Wildman–Crippen MR) is 158 cm³/mol. The van der Waals surface area contributed by atoms with Crippen LogP contribution in [0.2, 0.25) is 0 Å². The first-order valence-electron chi connectivity index (χ1n) is 14.8. The average molecular weight is 599 g/mol. The lowest BCUT2D eigenvalue weighted by Gasteiger charge is -2.19. The molecule has 42 heavy (non-hydrogen) atoms. The molecule has 1 amide bonds. The Bertz CT molecular complexity index is 775. The standard InChI is InChI=1S/C28H50N6O8/c1-3-5-10-15-27(32-24-36)33-26-40-34(39-25-30-17-12-7-6-11-16-29-23-35)19-14-9-8-13-18-31-28(37)38-21-22-42-41-20-4-2/h4,26-27,30H,2-3,5-22,25H2,1H3,(H,31,37). The highest BCUT2D eigenvalue weighted by atomic mass is 17.2. The van der Waals surface area contributed by atoms with Gasteiger partial charge in [-0.15, -0.1) is 6.58 Å². The molecule has 240 valence electrons. The molecule has 0 aliphatic rings. The van der Waals surface area contributed by atoms with Gasteiger partial charge in [0.05, 0.1) is 13.1 Å². The van der Waals surface area contributed by atoms with E-state index in [0.717, 1.165) is 77.2 Å². The summed E-state index contributed by atoms with van der Waals surface area (Å²) in [5.41, 5.74) is 0. The van der Waals surface area contributed by atoms with E-state index in [1.165, 1.54) is 11.6 Å². The molecule has 1 atom stereocenters. The van der Waals surface area contributed by atoms with Crippen molar-refractivity contribution in [3.05, 3.63) is 12.7 Å². The molecule has 1 unspecified atom stereocenters. The Morgan fingerprint density at radius 3 is 2.50 bits per heavy atom. The maximum absolute atomic E-state index is 11.7. The van der Waals surface area contributed by atoms with E-state index >= 15 is 0 Å². The van der Waals surface area contributed by atoms with Crippen molar-refractivity contribution >= 4 is 24.7 Å². The lowest BCUT2D eigenvalue weighted by atomic mass is 10.2. The maximum Gasteiger partial charge on any atom is 0.407 e. The summed E-state index contributed by atoms with van der Waals surface area (Å²) in [5, 5.41) is 7.27. The van der Waals surface area contributed by atoms with Gasteiger partial charge in [-0.05, 0) is 50.3 Å². The second-order valence-electron chi connectivity index (χ2n) is 9.15. The summed E-state index contributed by atoms with van der Waals surface area (Å²) in [6, 6.07) is 0. The summed E-state index contributed by atoms with van der Waals surface area (Å²) in [7, 11) is 0. The molecule has 14 heteroatoms. The molecule has 0 fully saturated rings. The van der Waals surface area contributed by atoms with Gasteiger partial charge in [-0.3, -0.25) is 5.32 Å². The van der Waals surface area contributed by atoms with E-state index in [1.54, 1.807) is 18.2 Å². The van der Waals surface area contributed by atoms with Crippen LogP contribution in [0.5, 0.6) is 0 Å². The molecule has 0 saturated heterocycles. The molecular weight excluding hydrogens is 548 g/mol. The van der Waals surface area contributed by atoms with Crippen LogP contribution in [0.3, 0.4) is 0 Å². The van der Waals surface area contributed by atoms with E-state index < -0.39 is 12.3 Å². The van der Waals surface area contributed by atoms with Crippen molar-refractivity contribution in [1.29, 1.82) is 0 Å². The fourth-order valence-electron chi connectivity index (χ4n) is 3.42. The van der Waals surface area contributed by atoms with Crippen molar-refractivity contribution in [3.8, 4) is 0 Å². The van der Waals surface area contributed by atoms with Gasteiger partial charge < -0.3 is 14.9 Å². The molecule has 0 aromatic heterocycles. The van der Waals surface area contributed by atoms with Crippen LogP contribution in [-0.4, -0.2) is 88.8 Å². The molecule has 0 aliphatic carbocycles. The quantitative estimate of drug-likeness (QED) is 0.0172. The van der Waals surface area contributed by atoms with Crippen LogP contribution < -0.4 is 10.6 Å². The first kappa shape index (κ1) is 39.0. The predicted octanol–water partition coefficient (Wildman–Crippen LogP) is 4.29. The number of alkyl carbamates (subject to hydrolysis) is 1. The zero-order valence-corrected chi connectivity index (χ0v) is 25.1. The van der Waals surface area contributed by atoms with Crippen molar-refractivity contribution in [1.82, 2.24) is 15.9 Å². The van der Waals surface area contributed by atoms with Crippen LogP contribution in [0.25, 0.3) is 0 Å². The lowest BCUT2D eigenvalue weighted by Crippen LogP contribution is -2.31. The minimum Gasteiger partial charge on any atom is -0.447 e. The number of hydrogen-bond acceptors (Lipinski definition) is 13. The minimum atomic E-state index is -0.524. The third kappa shape index (κ3) is 28.6. The molecule has 0 spiro atoms. The van der Waals surface area contributed by atoms with E-state index in [2.05, 4.69) is 39.1 Å². The fraction of sp³-hybridized carbons (Fsp3) is 0.786. The zero-order valence-electron chi connectivity index (χ0n) is 25.1. The molecular formula is C28H50N6O8. The lowest BCUT2D eigenvalue weighted by molar-refractivity contribution is -0.327. The molecule has 0 aromatic carbocycles. The van der Waals surface area contributed by atoms with Gasteiger partial charge in [-0.2, -0.15) is 4.99 Å². The molecule has 14 nitrogen and oxygen atoms in total. The van der Waals surface area contributed by atoms with Crippen molar-refractivity contribution in [3.63, 3.8) is 0 Å². The van der Waals surface area contributed by atoms with Crippen molar-refractivity contribution in [2.45, 2.75) is 90.1 Å². The van der Waals surface area contributed by atoms with Crippen LogP contribution in [0.15, 0.2) is 27.6 Å². The average Bonchev–Trinajstić information content (AvgIpc) is 2.99. The second kappa shape index (κ2) is 32.6. The molecule has 0 radical (unpaired) electrons.